The number of nitrogens with zero attached hydrogens (tertiary/aromatic N) is 2. The monoisotopic (exact) mass is 330 g/mol. The van der Waals surface area contributed by atoms with Gasteiger partial charge in [-0.05, 0) is 37.0 Å². The number of rotatable bonds is 7. The van der Waals surface area contributed by atoms with Crippen LogP contribution in [0.3, 0.4) is 0 Å². The highest BCUT2D eigenvalue weighted by molar-refractivity contribution is 5.75. The van der Waals surface area contributed by atoms with Crippen LogP contribution in [0.2, 0.25) is 0 Å². The predicted octanol–water partition coefficient (Wildman–Crippen LogP) is 2.64. The van der Waals surface area contributed by atoms with Crippen LogP contribution in [-0.4, -0.2) is 33.6 Å². The summed E-state index contributed by atoms with van der Waals surface area (Å²) >= 11 is 0. The van der Waals surface area contributed by atoms with Gasteiger partial charge in [0.05, 0.1) is 24.4 Å². The van der Waals surface area contributed by atoms with Crippen molar-refractivity contribution < 1.29 is 9.90 Å². The number of nitrogens with one attached hydrogen (secondary N) is 2. The van der Waals surface area contributed by atoms with Crippen molar-refractivity contribution in [2.24, 2.45) is 5.92 Å². The van der Waals surface area contributed by atoms with Crippen LogP contribution in [0, 0.1) is 5.92 Å². The van der Waals surface area contributed by atoms with Crippen LogP contribution in [0.4, 0.5) is 4.79 Å². The fourth-order valence-corrected chi connectivity index (χ4v) is 2.72. The fraction of sp³-hybridized carbons (Fsp3) is 0.444. The summed E-state index contributed by atoms with van der Waals surface area (Å²) < 4.78 is 1.78. The van der Waals surface area contributed by atoms with Gasteiger partial charge in [-0.2, -0.15) is 5.10 Å². The summed E-state index contributed by atoms with van der Waals surface area (Å²) in [6.07, 6.45) is 4.33. The topological polar surface area (TPSA) is 79.2 Å². The van der Waals surface area contributed by atoms with Crippen molar-refractivity contribution in [1.82, 2.24) is 20.4 Å². The number of hydrogen-bond donors (Lipinski definition) is 3. The normalized spacial score (nSPS) is 13.5. The van der Waals surface area contributed by atoms with Crippen molar-refractivity contribution in [3.05, 3.63) is 48.3 Å². The standard InChI is InChI=1S/C18H26N4O2/c1-13(2)11-15(12-23)21-18(24)20-14(3)16-7-4-5-8-17(16)22-10-6-9-19-22/h4-10,13-15,23H,11-12H2,1-3H3,(H2,20,21,24). The Hall–Kier alpha value is -2.34. The number of aliphatic hydroxyl groups excluding tert-OH is 1. The molecule has 1 heterocycles. The summed E-state index contributed by atoms with van der Waals surface area (Å²) in [6, 6.07) is 8.97. The molecule has 0 spiro atoms. The first-order chi connectivity index (χ1) is 11.5. The number of urea groups is 1. The van der Waals surface area contributed by atoms with E-state index in [0.29, 0.717) is 5.92 Å². The minimum absolute atomic E-state index is 0.0656. The van der Waals surface area contributed by atoms with E-state index < -0.39 is 0 Å². The third-order valence-electron chi connectivity index (χ3n) is 3.81. The van der Waals surface area contributed by atoms with Gasteiger partial charge in [0.2, 0.25) is 0 Å². The van der Waals surface area contributed by atoms with Crippen LogP contribution in [0.15, 0.2) is 42.7 Å². The van der Waals surface area contributed by atoms with E-state index in [1.807, 2.05) is 43.5 Å². The van der Waals surface area contributed by atoms with Gasteiger partial charge in [-0.3, -0.25) is 0 Å². The van der Waals surface area contributed by atoms with Gasteiger partial charge in [0.1, 0.15) is 0 Å². The maximum Gasteiger partial charge on any atom is 0.315 e. The average Bonchev–Trinajstić information content (AvgIpc) is 3.08. The molecular weight excluding hydrogens is 304 g/mol. The first-order valence-electron chi connectivity index (χ1n) is 8.28. The molecule has 6 heteroatoms. The Bertz CT molecular complexity index is 640. The number of benzene rings is 1. The second-order valence-corrected chi connectivity index (χ2v) is 6.36. The van der Waals surface area contributed by atoms with Crippen LogP contribution >= 0.6 is 0 Å². The molecule has 2 aromatic rings. The lowest BCUT2D eigenvalue weighted by Crippen LogP contribution is -2.45. The molecule has 24 heavy (non-hydrogen) atoms. The molecule has 0 aliphatic carbocycles. The van der Waals surface area contributed by atoms with Crippen LogP contribution < -0.4 is 10.6 Å². The van der Waals surface area contributed by atoms with Crippen molar-refractivity contribution in [2.75, 3.05) is 6.61 Å². The average molecular weight is 330 g/mol. The number of carbonyl (C=O) groups is 1. The quantitative estimate of drug-likeness (QED) is 0.730. The maximum absolute atomic E-state index is 12.2. The number of amides is 2. The van der Waals surface area contributed by atoms with Crippen molar-refractivity contribution in [3.63, 3.8) is 0 Å². The van der Waals surface area contributed by atoms with Crippen molar-refractivity contribution in [1.29, 1.82) is 0 Å². The van der Waals surface area contributed by atoms with E-state index in [-0.39, 0.29) is 24.7 Å². The third kappa shape index (κ3) is 4.83. The zero-order chi connectivity index (χ0) is 17.5. The number of aromatic nitrogens is 2. The van der Waals surface area contributed by atoms with Crippen LogP contribution in [-0.2, 0) is 0 Å². The SMILES string of the molecule is CC(C)CC(CO)NC(=O)NC(C)c1ccccc1-n1cccn1. The zero-order valence-electron chi connectivity index (χ0n) is 14.4. The molecule has 0 saturated heterocycles. The largest absolute Gasteiger partial charge is 0.394 e. The van der Waals surface area contributed by atoms with Gasteiger partial charge in [-0.25, -0.2) is 9.48 Å². The molecule has 2 unspecified atom stereocenters. The number of carbonyl (C=O) groups excluding carboxylic acids is 1. The van der Waals surface area contributed by atoms with E-state index in [4.69, 9.17) is 0 Å². The molecule has 1 aromatic heterocycles. The maximum atomic E-state index is 12.2. The molecule has 130 valence electrons. The lowest BCUT2D eigenvalue weighted by atomic mass is 10.0. The lowest BCUT2D eigenvalue weighted by molar-refractivity contribution is 0.205. The van der Waals surface area contributed by atoms with E-state index in [0.717, 1.165) is 17.7 Å². The molecule has 1 aromatic carbocycles. The Morgan fingerprint density at radius 3 is 2.58 bits per heavy atom. The zero-order valence-corrected chi connectivity index (χ0v) is 14.4. The lowest BCUT2D eigenvalue weighted by Gasteiger charge is -2.22. The van der Waals surface area contributed by atoms with E-state index in [1.54, 1.807) is 10.9 Å². The van der Waals surface area contributed by atoms with E-state index in [9.17, 15) is 9.90 Å². The van der Waals surface area contributed by atoms with Crippen molar-refractivity contribution in [2.45, 2.75) is 39.3 Å². The Balaban J connectivity index is 2.05. The minimum Gasteiger partial charge on any atom is -0.394 e. The molecule has 3 N–H and O–H groups in total. The minimum atomic E-state index is -0.280. The number of aliphatic hydroxyl groups is 1. The van der Waals surface area contributed by atoms with Gasteiger partial charge >= 0.3 is 6.03 Å². The molecule has 0 radical (unpaired) electrons. The van der Waals surface area contributed by atoms with Crippen LogP contribution in [0.5, 0.6) is 0 Å². The summed E-state index contributed by atoms with van der Waals surface area (Å²) in [7, 11) is 0. The highest BCUT2D eigenvalue weighted by Crippen LogP contribution is 2.20. The van der Waals surface area contributed by atoms with Crippen molar-refractivity contribution in [3.8, 4) is 5.69 Å². The molecule has 0 aliphatic heterocycles. The molecule has 2 amide bonds. The number of para-hydroxylation sites is 1. The van der Waals surface area contributed by atoms with Crippen molar-refractivity contribution >= 4 is 6.03 Å². The summed E-state index contributed by atoms with van der Waals surface area (Å²) in [6.45, 7) is 5.98. The molecule has 0 fully saturated rings. The molecule has 6 nitrogen and oxygen atoms in total. The highest BCUT2D eigenvalue weighted by atomic mass is 16.3. The summed E-state index contributed by atoms with van der Waals surface area (Å²) in [5, 5.41) is 19.4. The predicted molar refractivity (Wildman–Crippen MR) is 94.0 cm³/mol. The first-order valence-corrected chi connectivity index (χ1v) is 8.28. The highest BCUT2D eigenvalue weighted by Gasteiger charge is 2.17. The van der Waals surface area contributed by atoms with Gasteiger partial charge in [0.25, 0.3) is 0 Å². The molecular formula is C18H26N4O2. The molecule has 2 rings (SSSR count). The Morgan fingerprint density at radius 2 is 1.96 bits per heavy atom. The smallest absolute Gasteiger partial charge is 0.315 e. The molecule has 0 saturated carbocycles. The van der Waals surface area contributed by atoms with E-state index in [1.165, 1.54) is 0 Å². The van der Waals surface area contributed by atoms with Gasteiger partial charge in [0.15, 0.2) is 0 Å². The Kier molecular flexibility index (Phi) is 6.37. The summed E-state index contributed by atoms with van der Waals surface area (Å²) in [5.74, 6) is 0.403. The van der Waals surface area contributed by atoms with Crippen LogP contribution in [0.1, 0.15) is 38.8 Å². The van der Waals surface area contributed by atoms with Gasteiger partial charge in [-0.15, -0.1) is 0 Å². The summed E-state index contributed by atoms with van der Waals surface area (Å²) in [4.78, 5) is 12.2. The molecule has 2 atom stereocenters. The first kappa shape index (κ1) is 18.0. The van der Waals surface area contributed by atoms with E-state index >= 15 is 0 Å². The fourth-order valence-electron chi connectivity index (χ4n) is 2.72. The third-order valence-corrected chi connectivity index (χ3v) is 3.81. The molecule has 0 aliphatic rings. The summed E-state index contributed by atoms with van der Waals surface area (Å²) in [5.41, 5.74) is 1.90. The second kappa shape index (κ2) is 8.49. The van der Waals surface area contributed by atoms with Crippen LogP contribution in [0.25, 0.3) is 5.69 Å². The van der Waals surface area contributed by atoms with Gasteiger partial charge in [-0.1, -0.05) is 32.0 Å². The van der Waals surface area contributed by atoms with Gasteiger partial charge < -0.3 is 15.7 Å². The second-order valence-electron chi connectivity index (χ2n) is 6.36. The number of hydrogen-bond acceptors (Lipinski definition) is 3. The van der Waals surface area contributed by atoms with E-state index in [2.05, 4.69) is 29.6 Å². The Morgan fingerprint density at radius 1 is 1.21 bits per heavy atom. The molecule has 0 bridgehead atoms. The van der Waals surface area contributed by atoms with Gasteiger partial charge in [0, 0.05) is 12.4 Å². The Labute approximate surface area is 142 Å².